The van der Waals surface area contributed by atoms with Crippen LogP contribution in [0.1, 0.15) is 51.1 Å². The minimum absolute atomic E-state index is 0.0913. The van der Waals surface area contributed by atoms with Crippen LogP contribution in [0.4, 0.5) is 10.6 Å². The van der Waals surface area contributed by atoms with Gasteiger partial charge in [0.05, 0.1) is 0 Å². The van der Waals surface area contributed by atoms with Gasteiger partial charge in [-0.15, -0.1) is 0 Å². The Hall–Kier alpha value is -2.38. The Labute approximate surface area is 133 Å². The molecule has 0 atom stereocenters. The number of aromatic amines is 1. The van der Waals surface area contributed by atoms with Crippen molar-refractivity contribution >= 4 is 23.7 Å². The summed E-state index contributed by atoms with van der Waals surface area (Å²) in [6.07, 6.45) is 2.06. The van der Waals surface area contributed by atoms with Gasteiger partial charge in [0.1, 0.15) is 5.54 Å². The molecule has 124 valence electrons. The van der Waals surface area contributed by atoms with E-state index in [2.05, 4.69) is 26.1 Å². The number of carbonyl (C=O) groups is 3. The van der Waals surface area contributed by atoms with Gasteiger partial charge in [-0.25, -0.2) is 4.79 Å². The largest absolute Gasteiger partial charge is 0.323 e. The van der Waals surface area contributed by atoms with Crippen molar-refractivity contribution in [2.45, 2.75) is 51.0 Å². The monoisotopic (exact) mass is 319 g/mol. The lowest BCUT2D eigenvalue weighted by molar-refractivity contribution is -0.128. The second-order valence-electron chi connectivity index (χ2n) is 6.62. The average Bonchev–Trinajstić information content (AvgIpc) is 3.05. The summed E-state index contributed by atoms with van der Waals surface area (Å²) < 4.78 is 0. The zero-order valence-electron chi connectivity index (χ0n) is 13.2. The number of aromatic nitrogens is 2. The molecule has 0 aromatic carbocycles. The number of urea groups is 1. The SMILES string of the molecule is CC(C)c1cc(NC(=O)C2CCC3(CC2)NC(=O)NC3=O)n[nH]1. The zero-order valence-corrected chi connectivity index (χ0v) is 13.2. The quantitative estimate of drug-likeness (QED) is 0.627. The number of nitrogens with one attached hydrogen (secondary N) is 4. The predicted octanol–water partition coefficient (Wildman–Crippen LogP) is 1.24. The molecule has 1 aromatic rings. The van der Waals surface area contributed by atoms with Crippen molar-refractivity contribution in [3.05, 3.63) is 11.8 Å². The van der Waals surface area contributed by atoms with Crippen molar-refractivity contribution < 1.29 is 14.4 Å². The molecule has 1 spiro atoms. The number of amides is 4. The summed E-state index contributed by atoms with van der Waals surface area (Å²) in [7, 11) is 0. The highest BCUT2D eigenvalue weighted by Gasteiger charge is 2.48. The molecule has 3 rings (SSSR count). The summed E-state index contributed by atoms with van der Waals surface area (Å²) in [4.78, 5) is 35.5. The first-order valence-corrected chi connectivity index (χ1v) is 7.89. The Morgan fingerprint density at radius 1 is 1.35 bits per heavy atom. The summed E-state index contributed by atoms with van der Waals surface area (Å²) in [6, 6.07) is 1.38. The van der Waals surface area contributed by atoms with Crippen molar-refractivity contribution in [2.75, 3.05) is 5.32 Å². The van der Waals surface area contributed by atoms with Gasteiger partial charge in [-0.05, 0) is 31.6 Å². The average molecular weight is 319 g/mol. The number of H-pyrrole nitrogens is 1. The molecule has 2 aliphatic rings. The molecule has 1 aliphatic carbocycles. The molecule has 4 amide bonds. The first kappa shape index (κ1) is 15.5. The van der Waals surface area contributed by atoms with Crippen molar-refractivity contribution in [1.29, 1.82) is 0 Å². The molecule has 23 heavy (non-hydrogen) atoms. The lowest BCUT2D eigenvalue weighted by atomic mass is 9.76. The lowest BCUT2D eigenvalue weighted by Gasteiger charge is -2.33. The van der Waals surface area contributed by atoms with Gasteiger partial charge in [0.15, 0.2) is 5.82 Å². The highest BCUT2D eigenvalue weighted by Crippen LogP contribution is 2.34. The van der Waals surface area contributed by atoms with Crippen molar-refractivity contribution in [2.24, 2.45) is 5.92 Å². The fourth-order valence-corrected chi connectivity index (χ4v) is 3.18. The summed E-state index contributed by atoms with van der Waals surface area (Å²) >= 11 is 0. The van der Waals surface area contributed by atoms with Crippen LogP contribution < -0.4 is 16.0 Å². The molecule has 0 unspecified atom stereocenters. The number of hydrogen-bond donors (Lipinski definition) is 4. The molecular weight excluding hydrogens is 298 g/mol. The minimum atomic E-state index is -0.828. The molecule has 1 aliphatic heterocycles. The Balaban J connectivity index is 1.58. The van der Waals surface area contributed by atoms with Gasteiger partial charge in [-0.1, -0.05) is 13.8 Å². The molecule has 1 saturated carbocycles. The van der Waals surface area contributed by atoms with Crippen LogP contribution in [0.25, 0.3) is 0 Å². The third-order valence-electron chi connectivity index (χ3n) is 4.70. The van der Waals surface area contributed by atoms with Crippen LogP contribution in [0.5, 0.6) is 0 Å². The normalized spacial score (nSPS) is 27.2. The Morgan fingerprint density at radius 3 is 2.57 bits per heavy atom. The Bertz CT molecular complexity index is 643. The van der Waals surface area contributed by atoms with Crippen LogP contribution in [0.3, 0.4) is 0 Å². The molecule has 8 nitrogen and oxygen atoms in total. The van der Waals surface area contributed by atoms with E-state index in [9.17, 15) is 14.4 Å². The summed E-state index contributed by atoms with van der Waals surface area (Å²) in [5.41, 5.74) is 0.138. The fraction of sp³-hybridized carbons (Fsp3) is 0.600. The van der Waals surface area contributed by atoms with Crippen LogP contribution in [0.2, 0.25) is 0 Å². The predicted molar refractivity (Wildman–Crippen MR) is 82.7 cm³/mol. The zero-order chi connectivity index (χ0) is 16.6. The van der Waals surface area contributed by atoms with Gasteiger partial charge in [-0.3, -0.25) is 20.0 Å². The standard InChI is InChI=1S/C15H21N5O3/c1-8(2)10-7-11(20-19-10)16-12(21)9-3-5-15(6-4-9)13(22)17-14(23)18-15/h7-9H,3-6H2,1-2H3,(H2,16,19,20,21)(H2,17,18,22,23). The van der Waals surface area contributed by atoms with Crippen LogP contribution in [0, 0.1) is 5.92 Å². The number of rotatable bonds is 3. The molecule has 4 N–H and O–H groups in total. The van der Waals surface area contributed by atoms with Gasteiger partial charge >= 0.3 is 6.03 Å². The van der Waals surface area contributed by atoms with E-state index in [0.717, 1.165) is 5.69 Å². The minimum Gasteiger partial charge on any atom is -0.323 e. The Morgan fingerprint density at radius 2 is 2.04 bits per heavy atom. The number of carbonyl (C=O) groups excluding carboxylic acids is 3. The highest BCUT2D eigenvalue weighted by molar-refractivity contribution is 6.07. The van der Waals surface area contributed by atoms with Crippen molar-refractivity contribution in [3.8, 4) is 0 Å². The van der Waals surface area contributed by atoms with Gasteiger partial charge in [0, 0.05) is 17.7 Å². The van der Waals surface area contributed by atoms with Gasteiger partial charge in [0.25, 0.3) is 5.91 Å². The number of anilines is 1. The maximum Gasteiger partial charge on any atom is 0.322 e. The smallest absolute Gasteiger partial charge is 0.322 e. The van der Waals surface area contributed by atoms with Crippen LogP contribution in [-0.4, -0.2) is 33.6 Å². The van der Waals surface area contributed by atoms with Crippen molar-refractivity contribution in [3.63, 3.8) is 0 Å². The summed E-state index contributed by atoms with van der Waals surface area (Å²) in [6.45, 7) is 4.08. The number of hydrogen-bond acceptors (Lipinski definition) is 4. The molecule has 1 saturated heterocycles. The second-order valence-corrected chi connectivity index (χ2v) is 6.62. The molecule has 2 heterocycles. The van der Waals surface area contributed by atoms with Gasteiger partial charge in [0.2, 0.25) is 5.91 Å². The van der Waals surface area contributed by atoms with E-state index in [1.54, 1.807) is 0 Å². The summed E-state index contributed by atoms with van der Waals surface area (Å²) in [5, 5.41) is 14.8. The number of imide groups is 1. The molecule has 8 heteroatoms. The lowest BCUT2D eigenvalue weighted by Crippen LogP contribution is -2.50. The molecule has 0 bridgehead atoms. The topological polar surface area (TPSA) is 116 Å². The van der Waals surface area contributed by atoms with E-state index < -0.39 is 11.6 Å². The molecule has 2 fully saturated rings. The fourth-order valence-electron chi connectivity index (χ4n) is 3.18. The van der Waals surface area contributed by atoms with E-state index in [4.69, 9.17) is 0 Å². The number of nitrogens with zero attached hydrogens (tertiary/aromatic N) is 1. The molecule has 1 aromatic heterocycles. The maximum absolute atomic E-state index is 12.3. The first-order valence-electron chi connectivity index (χ1n) is 7.89. The first-order chi connectivity index (χ1) is 10.9. The van der Waals surface area contributed by atoms with E-state index in [-0.39, 0.29) is 17.7 Å². The second kappa shape index (κ2) is 5.68. The van der Waals surface area contributed by atoms with E-state index in [1.807, 2.05) is 19.9 Å². The molecular formula is C15H21N5O3. The third-order valence-corrected chi connectivity index (χ3v) is 4.70. The van der Waals surface area contributed by atoms with Crippen molar-refractivity contribution in [1.82, 2.24) is 20.8 Å². The highest BCUT2D eigenvalue weighted by atomic mass is 16.2. The van der Waals surface area contributed by atoms with E-state index in [0.29, 0.717) is 37.4 Å². The van der Waals surface area contributed by atoms with Gasteiger partial charge < -0.3 is 10.6 Å². The summed E-state index contributed by atoms with van der Waals surface area (Å²) in [5.74, 6) is 0.282. The van der Waals surface area contributed by atoms with Gasteiger partial charge in [-0.2, -0.15) is 5.10 Å². The van der Waals surface area contributed by atoms with E-state index >= 15 is 0 Å². The Kier molecular flexibility index (Phi) is 3.83. The van der Waals surface area contributed by atoms with E-state index in [1.165, 1.54) is 0 Å². The van der Waals surface area contributed by atoms with Crippen LogP contribution in [-0.2, 0) is 9.59 Å². The van der Waals surface area contributed by atoms with Crippen LogP contribution in [0.15, 0.2) is 6.07 Å². The third kappa shape index (κ3) is 2.93. The van der Waals surface area contributed by atoms with Crippen LogP contribution >= 0.6 is 0 Å². The maximum atomic E-state index is 12.3. The molecule has 0 radical (unpaired) electrons.